The van der Waals surface area contributed by atoms with Crippen LogP contribution in [0.2, 0.25) is 0 Å². The quantitative estimate of drug-likeness (QED) is 0.812. The second kappa shape index (κ2) is 6.33. The number of Topliss-reactive ketones (excluding diaryl/α,β-unsaturated/α-hetero) is 1. The van der Waals surface area contributed by atoms with E-state index >= 15 is 0 Å². The van der Waals surface area contributed by atoms with Crippen LogP contribution in [0.3, 0.4) is 0 Å². The maximum atomic E-state index is 12.4. The molecule has 1 N–H and O–H groups in total. The van der Waals surface area contributed by atoms with Crippen LogP contribution < -0.4 is 5.32 Å². The van der Waals surface area contributed by atoms with E-state index < -0.39 is 0 Å². The van der Waals surface area contributed by atoms with E-state index in [-0.39, 0.29) is 11.8 Å². The maximum Gasteiger partial charge on any atom is 0.179 e. The van der Waals surface area contributed by atoms with Crippen LogP contribution >= 0.6 is 0 Å². The van der Waals surface area contributed by atoms with Gasteiger partial charge in [-0.2, -0.15) is 0 Å². The third-order valence-electron chi connectivity index (χ3n) is 4.10. The molecular formula is C17H25NO. The van der Waals surface area contributed by atoms with Crippen LogP contribution in [0.1, 0.15) is 68.3 Å². The molecule has 2 nitrogen and oxygen atoms in total. The smallest absolute Gasteiger partial charge is 0.179 e. The molecule has 19 heavy (non-hydrogen) atoms. The van der Waals surface area contributed by atoms with Gasteiger partial charge in [0.25, 0.3) is 0 Å². The third kappa shape index (κ3) is 3.66. The Bertz CT molecular complexity index is 415. The molecule has 0 aromatic heterocycles. The van der Waals surface area contributed by atoms with Crippen LogP contribution in [-0.2, 0) is 0 Å². The summed E-state index contributed by atoms with van der Waals surface area (Å²) in [6, 6.07) is 8.52. The van der Waals surface area contributed by atoms with Gasteiger partial charge in [0.1, 0.15) is 0 Å². The van der Waals surface area contributed by atoms with Gasteiger partial charge in [-0.1, -0.05) is 51.0 Å². The Morgan fingerprint density at radius 2 is 1.68 bits per heavy atom. The van der Waals surface area contributed by atoms with Gasteiger partial charge in [-0.15, -0.1) is 0 Å². The topological polar surface area (TPSA) is 29.1 Å². The number of carbonyl (C=O) groups is 1. The van der Waals surface area contributed by atoms with Crippen LogP contribution in [0.5, 0.6) is 0 Å². The van der Waals surface area contributed by atoms with Crippen molar-refractivity contribution in [3.05, 3.63) is 35.4 Å². The standard InChI is InChI=1S/C17H25NO/c1-12(2)14-8-10-15(11-9-14)17(19)13(3)18-16-6-4-5-7-16/h8-13,16,18H,4-7H2,1-3H3. The lowest BCUT2D eigenvalue weighted by Crippen LogP contribution is -2.40. The van der Waals surface area contributed by atoms with Gasteiger partial charge in [0, 0.05) is 11.6 Å². The lowest BCUT2D eigenvalue weighted by Gasteiger charge is -2.18. The predicted molar refractivity (Wildman–Crippen MR) is 79.7 cm³/mol. The average Bonchev–Trinajstić information content (AvgIpc) is 2.90. The molecule has 0 bridgehead atoms. The Labute approximate surface area is 116 Å². The fourth-order valence-electron chi connectivity index (χ4n) is 2.80. The first kappa shape index (κ1) is 14.3. The molecule has 1 aliphatic carbocycles. The summed E-state index contributed by atoms with van der Waals surface area (Å²) in [5.41, 5.74) is 2.11. The first-order valence-corrected chi connectivity index (χ1v) is 7.48. The molecule has 2 heteroatoms. The van der Waals surface area contributed by atoms with Crippen LogP contribution in [0.25, 0.3) is 0 Å². The third-order valence-corrected chi connectivity index (χ3v) is 4.10. The molecule has 0 aliphatic heterocycles. The van der Waals surface area contributed by atoms with Crippen molar-refractivity contribution in [3.63, 3.8) is 0 Å². The van der Waals surface area contributed by atoms with Crippen molar-refractivity contribution in [2.24, 2.45) is 0 Å². The number of ketones is 1. The summed E-state index contributed by atoms with van der Waals surface area (Å²) >= 11 is 0. The van der Waals surface area contributed by atoms with Gasteiger partial charge in [0.05, 0.1) is 6.04 Å². The molecule has 0 spiro atoms. The summed E-state index contributed by atoms with van der Waals surface area (Å²) < 4.78 is 0. The Morgan fingerprint density at radius 3 is 2.21 bits per heavy atom. The number of hydrogen-bond donors (Lipinski definition) is 1. The highest BCUT2D eigenvalue weighted by molar-refractivity contribution is 5.99. The Hall–Kier alpha value is -1.15. The molecule has 1 aromatic rings. The van der Waals surface area contributed by atoms with E-state index in [9.17, 15) is 4.79 Å². The van der Waals surface area contributed by atoms with E-state index in [4.69, 9.17) is 0 Å². The molecule has 0 saturated heterocycles. The molecule has 2 rings (SSSR count). The van der Waals surface area contributed by atoms with Crippen molar-refractivity contribution < 1.29 is 4.79 Å². The molecule has 1 aliphatic rings. The number of hydrogen-bond acceptors (Lipinski definition) is 2. The molecule has 1 saturated carbocycles. The number of benzene rings is 1. The summed E-state index contributed by atoms with van der Waals surface area (Å²) in [4.78, 5) is 12.4. The van der Waals surface area contributed by atoms with E-state index in [2.05, 4.69) is 31.3 Å². The molecule has 0 heterocycles. The molecule has 1 fully saturated rings. The van der Waals surface area contributed by atoms with Crippen LogP contribution in [0.15, 0.2) is 24.3 Å². The summed E-state index contributed by atoms with van der Waals surface area (Å²) in [6.45, 7) is 6.32. The highest BCUT2D eigenvalue weighted by Gasteiger charge is 2.21. The zero-order valence-electron chi connectivity index (χ0n) is 12.3. The average molecular weight is 259 g/mol. The number of nitrogens with one attached hydrogen (secondary N) is 1. The van der Waals surface area contributed by atoms with Crippen molar-refractivity contribution in [1.29, 1.82) is 0 Å². The lowest BCUT2D eigenvalue weighted by molar-refractivity contribution is 0.0944. The Morgan fingerprint density at radius 1 is 1.11 bits per heavy atom. The Balaban J connectivity index is 1.97. The van der Waals surface area contributed by atoms with E-state index in [0.29, 0.717) is 12.0 Å². The summed E-state index contributed by atoms with van der Waals surface area (Å²) in [7, 11) is 0. The largest absolute Gasteiger partial charge is 0.305 e. The molecule has 104 valence electrons. The van der Waals surface area contributed by atoms with Gasteiger partial charge in [0.2, 0.25) is 0 Å². The molecular weight excluding hydrogens is 234 g/mol. The Kier molecular flexibility index (Phi) is 4.76. The summed E-state index contributed by atoms with van der Waals surface area (Å²) in [6.07, 6.45) is 5.01. The minimum absolute atomic E-state index is 0.0759. The number of rotatable bonds is 5. The van der Waals surface area contributed by atoms with E-state index in [1.165, 1.54) is 31.2 Å². The zero-order chi connectivity index (χ0) is 13.8. The highest BCUT2D eigenvalue weighted by atomic mass is 16.1. The molecule has 1 unspecified atom stereocenters. The zero-order valence-corrected chi connectivity index (χ0v) is 12.3. The molecule has 0 radical (unpaired) electrons. The molecule has 1 atom stereocenters. The maximum absolute atomic E-state index is 12.4. The van der Waals surface area contributed by atoms with Crippen molar-refractivity contribution in [2.75, 3.05) is 0 Å². The first-order chi connectivity index (χ1) is 9.08. The second-order valence-corrected chi connectivity index (χ2v) is 6.01. The van der Waals surface area contributed by atoms with Crippen LogP contribution in [0.4, 0.5) is 0 Å². The van der Waals surface area contributed by atoms with Crippen molar-refractivity contribution in [3.8, 4) is 0 Å². The highest BCUT2D eigenvalue weighted by Crippen LogP contribution is 2.19. The van der Waals surface area contributed by atoms with Gasteiger partial charge in [-0.3, -0.25) is 4.79 Å². The number of carbonyl (C=O) groups excluding carboxylic acids is 1. The predicted octanol–water partition coefficient (Wildman–Crippen LogP) is 3.91. The van der Waals surface area contributed by atoms with Gasteiger partial charge < -0.3 is 5.32 Å². The molecule has 1 aromatic carbocycles. The van der Waals surface area contributed by atoms with Gasteiger partial charge in [-0.05, 0) is 31.2 Å². The lowest BCUT2D eigenvalue weighted by atomic mass is 9.98. The summed E-state index contributed by atoms with van der Waals surface area (Å²) in [5.74, 6) is 0.723. The normalized spacial score (nSPS) is 17.9. The minimum atomic E-state index is -0.0759. The monoisotopic (exact) mass is 259 g/mol. The van der Waals surface area contributed by atoms with E-state index in [0.717, 1.165) is 5.56 Å². The SMILES string of the molecule is CC(NC1CCCC1)C(=O)c1ccc(C(C)C)cc1. The molecule has 0 amide bonds. The fraction of sp³-hybridized carbons (Fsp3) is 0.588. The first-order valence-electron chi connectivity index (χ1n) is 7.48. The van der Waals surface area contributed by atoms with Crippen molar-refractivity contribution >= 4 is 5.78 Å². The van der Waals surface area contributed by atoms with Gasteiger partial charge >= 0.3 is 0 Å². The minimum Gasteiger partial charge on any atom is -0.305 e. The summed E-state index contributed by atoms with van der Waals surface area (Å²) in [5, 5.41) is 3.46. The second-order valence-electron chi connectivity index (χ2n) is 6.01. The van der Waals surface area contributed by atoms with Gasteiger partial charge in [-0.25, -0.2) is 0 Å². The van der Waals surface area contributed by atoms with Gasteiger partial charge in [0.15, 0.2) is 5.78 Å². The van der Waals surface area contributed by atoms with Crippen molar-refractivity contribution in [2.45, 2.75) is 64.5 Å². The van der Waals surface area contributed by atoms with Crippen LogP contribution in [-0.4, -0.2) is 17.9 Å². The fourth-order valence-corrected chi connectivity index (χ4v) is 2.80. The van der Waals surface area contributed by atoms with E-state index in [1.54, 1.807) is 0 Å². The van der Waals surface area contributed by atoms with E-state index in [1.807, 2.05) is 19.1 Å². The van der Waals surface area contributed by atoms with Crippen LogP contribution in [0, 0.1) is 0 Å². The van der Waals surface area contributed by atoms with Crippen molar-refractivity contribution in [1.82, 2.24) is 5.32 Å².